The fraction of sp³-hybridized carbons (Fsp3) is 0.571. The molecule has 0 aliphatic heterocycles. The van der Waals surface area contributed by atoms with E-state index in [0.717, 1.165) is 6.42 Å². The number of nitrogens with zero attached hydrogens (tertiary/aromatic N) is 1. The summed E-state index contributed by atoms with van der Waals surface area (Å²) < 4.78 is 5.14. The number of hydrogen-bond acceptors (Lipinski definition) is 6. The number of nitro groups is 1. The first-order valence-electron chi connectivity index (χ1n) is 7.14. The first-order chi connectivity index (χ1) is 10.2. The highest BCUT2D eigenvalue weighted by molar-refractivity contribution is 5.76. The van der Waals surface area contributed by atoms with Gasteiger partial charge >= 0.3 is 5.69 Å². The minimum atomic E-state index is -0.372. The third-order valence-corrected chi connectivity index (χ3v) is 2.80. The maximum absolute atomic E-state index is 11.3. The Balaban J connectivity index is 2.61. The number of rotatable bonds is 11. The summed E-state index contributed by atoms with van der Waals surface area (Å²) in [5, 5.41) is 26.0. The largest absolute Gasteiger partial charge is 0.394 e. The summed E-state index contributed by atoms with van der Waals surface area (Å²) >= 11 is 0. The smallest absolute Gasteiger partial charge is 0.315 e. The molecule has 1 rings (SSSR count). The maximum Gasteiger partial charge on any atom is 0.315 e. The van der Waals surface area contributed by atoms with E-state index in [9.17, 15) is 10.1 Å². The lowest BCUT2D eigenvalue weighted by molar-refractivity contribution is -0.383. The standard InChI is InChI=1S/C14H23N3O4/c1-2-7-15-12-5-3-6-13(14(12)17(19)20)16-8-4-10-21-11-9-18/h3,5-6,15-16,18H,2,4,7-11H2,1H3. The molecule has 0 saturated heterocycles. The molecule has 0 aliphatic carbocycles. The van der Waals surface area contributed by atoms with Crippen molar-refractivity contribution in [1.29, 1.82) is 0 Å². The molecule has 0 aliphatic rings. The van der Waals surface area contributed by atoms with Crippen molar-refractivity contribution in [2.45, 2.75) is 19.8 Å². The van der Waals surface area contributed by atoms with Crippen LogP contribution in [0.3, 0.4) is 0 Å². The van der Waals surface area contributed by atoms with Gasteiger partial charge in [-0.15, -0.1) is 0 Å². The SMILES string of the molecule is CCCNc1cccc(NCCCOCCO)c1[N+](=O)[O-]. The summed E-state index contributed by atoms with van der Waals surface area (Å²) in [6.45, 7) is 4.10. The van der Waals surface area contributed by atoms with Crippen molar-refractivity contribution in [1.82, 2.24) is 0 Å². The van der Waals surface area contributed by atoms with Crippen molar-refractivity contribution >= 4 is 17.1 Å². The summed E-state index contributed by atoms with van der Waals surface area (Å²) in [4.78, 5) is 10.9. The van der Waals surface area contributed by atoms with Crippen LogP contribution >= 0.6 is 0 Å². The van der Waals surface area contributed by atoms with Crippen molar-refractivity contribution in [3.05, 3.63) is 28.3 Å². The Morgan fingerprint density at radius 1 is 1.24 bits per heavy atom. The van der Waals surface area contributed by atoms with E-state index in [1.807, 2.05) is 6.92 Å². The van der Waals surface area contributed by atoms with E-state index >= 15 is 0 Å². The van der Waals surface area contributed by atoms with E-state index in [4.69, 9.17) is 9.84 Å². The molecule has 0 bridgehead atoms. The van der Waals surface area contributed by atoms with Gasteiger partial charge in [0.2, 0.25) is 0 Å². The molecule has 118 valence electrons. The van der Waals surface area contributed by atoms with E-state index in [0.29, 0.717) is 44.1 Å². The number of nitrogens with one attached hydrogen (secondary N) is 2. The normalized spacial score (nSPS) is 10.4. The lowest BCUT2D eigenvalue weighted by atomic mass is 10.2. The van der Waals surface area contributed by atoms with E-state index in [-0.39, 0.29) is 17.2 Å². The van der Waals surface area contributed by atoms with Gasteiger partial charge in [-0.1, -0.05) is 13.0 Å². The molecule has 7 heteroatoms. The van der Waals surface area contributed by atoms with Gasteiger partial charge in [0.05, 0.1) is 18.1 Å². The molecule has 0 amide bonds. The fourth-order valence-electron chi connectivity index (χ4n) is 1.85. The molecule has 21 heavy (non-hydrogen) atoms. The Labute approximate surface area is 124 Å². The van der Waals surface area contributed by atoms with Gasteiger partial charge in [0, 0.05) is 19.7 Å². The molecule has 1 aromatic rings. The molecule has 3 N–H and O–H groups in total. The van der Waals surface area contributed by atoms with Crippen LogP contribution in [-0.2, 0) is 4.74 Å². The molecule has 0 fully saturated rings. The number of ether oxygens (including phenoxy) is 1. The van der Waals surface area contributed by atoms with E-state index in [1.165, 1.54) is 0 Å². The second kappa shape index (κ2) is 9.95. The summed E-state index contributed by atoms with van der Waals surface area (Å²) in [7, 11) is 0. The van der Waals surface area contributed by atoms with Crippen molar-refractivity contribution in [3.63, 3.8) is 0 Å². The summed E-state index contributed by atoms with van der Waals surface area (Å²) in [6.07, 6.45) is 1.61. The Hall–Kier alpha value is -1.86. The van der Waals surface area contributed by atoms with Gasteiger partial charge in [-0.05, 0) is 25.0 Å². The lowest BCUT2D eigenvalue weighted by Crippen LogP contribution is -2.10. The van der Waals surface area contributed by atoms with Crippen molar-refractivity contribution in [3.8, 4) is 0 Å². The molecule has 1 aromatic carbocycles. The van der Waals surface area contributed by atoms with Gasteiger partial charge in [-0.25, -0.2) is 0 Å². The van der Waals surface area contributed by atoms with Gasteiger partial charge in [0.15, 0.2) is 0 Å². The van der Waals surface area contributed by atoms with Gasteiger partial charge in [0.25, 0.3) is 0 Å². The maximum atomic E-state index is 11.3. The van der Waals surface area contributed by atoms with Crippen LogP contribution in [0.4, 0.5) is 17.1 Å². The van der Waals surface area contributed by atoms with Crippen LogP contribution in [-0.4, -0.2) is 42.9 Å². The second-order valence-corrected chi connectivity index (χ2v) is 4.50. The molecule has 0 heterocycles. The highest BCUT2D eigenvalue weighted by Gasteiger charge is 2.18. The van der Waals surface area contributed by atoms with E-state index in [2.05, 4.69) is 10.6 Å². The first-order valence-corrected chi connectivity index (χ1v) is 7.14. The number of hydrogen-bond donors (Lipinski definition) is 3. The summed E-state index contributed by atoms with van der Waals surface area (Å²) in [5.41, 5.74) is 1.11. The van der Waals surface area contributed by atoms with E-state index < -0.39 is 0 Å². The number of benzene rings is 1. The van der Waals surface area contributed by atoms with Crippen molar-refractivity contribution < 1.29 is 14.8 Å². The second-order valence-electron chi connectivity index (χ2n) is 4.50. The molecule has 0 aromatic heterocycles. The van der Waals surface area contributed by atoms with Crippen LogP contribution in [0, 0.1) is 10.1 Å². The molecule has 7 nitrogen and oxygen atoms in total. The van der Waals surface area contributed by atoms with Crippen LogP contribution in [0.1, 0.15) is 19.8 Å². The average molecular weight is 297 g/mol. The highest BCUT2D eigenvalue weighted by atomic mass is 16.6. The Bertz CT molecular complexity index is 440. The topological polar surface area (TPSA) is 96.7 Å². The van der Waals surface area contributed by atoms with Crippen molar-refractivity contribution in [2.24, 2.45) is 0 Å². The van der Waals surface area contributed by atoms with Crippen LogP contribution in [0.2, 0.25) is 0 Å². The zero-order valence-corrected chi connectivity index (χ0v) is 12.3. The molecule has 0 atom stereocenters. The molecule has 0 spiro atoms. The number of aliphatic hydroxyl groups is 1. The quantitative estimate of drug-likeness (QED) is 0.329. The lowest BCUT2D eigenvalue weighted by Gasteiger charge is -2.11. The molecule has 0 saturated carbocycles. The van der Waals surface area contributed by atoms with Gasteiger partial charge < -0.3 is 20.5 Å². The minimum absolute atomic E-state index is 0.00401. The number of aliphatic hydroxyl groups excluding tert-OH is 1. The van der Waals surface area contributed by atoms with Gasteiger partial charge in [0.1, 0.15) is 11.4 Å². The molecule has 0 unspecified atom stereocenters. The zero-order valence-electron chi connectivity index (χ0n) is 12.3. The van der Waals surface area contributed by atoms with Crippen LogP contribution in [0.5, 0.6) is 0 Å². The van der Waals surface area contributed by atoms with Crippen molar-refractivity contribution in [2.75, 3.05) is 43.5 Å². The molecule has 0 radical (unpaired) electrons. The Morgan fingerprint density at radius 3 is 2.48 bits per heavy atom. The molecular weight excluding hydrogens is 274 g/mol. The van der Waals surface area contributed by atoms with Crippen LogP contribution < -0.4 is 10.6 Å². The number of para-hydroxylation sites is 1. The molecular formula is C14H23N3O4. The first kappa shape index (κ1) is 17.2. The van der Waals surface area contributed by atoms with Gasteiger partial charge in [-0.2, -0.15) is 0 Å². The van der Waals surface area contributed by atoms with Crippen LogP contribution in [0.15, 0.2) is 18.2 Å². The monoisotopic (exact) mass is 297 g/mol. The fourth-order valence-corrected chi connectivity index (χ4v) is 1.85. The average Bonchev–Trinajstić information content (AvgIpc) is 2.48. The third-order valence-electron chi connectivity index (χ3n) is 2.80. The summed E-state index contributed by atoms with van der Waals surface area (Å²) in [5.74, 6) is 0. The number of nitro benzene ring substituents is 1. The summed E-state index contributed by atoms with van der Waals surface area (Å²) in [6, 6.07) is 5.20. The Morgan fingerprint density at radius 2 is 1.90 bits per heavy atom. The van der Waals surface area contributed by atoms with Gasteiger partial charge in [-0.3, -0.25) is 10.1 Å². The third kappa shape index (κ3) is 5.97. The zero-order chi connectivity index (χ0) is 15.5. The number of anilines is 2. The highest BCUT2D eigenvalue weighted by Crippen LogP contribution is 2.32. The predicted molar refractivity (Wildman–Crippen MR) is 82.9 cm³/mol. The Kier molecular flexibility index (Phi) is 8.15. The van der Waals surface area contributed by atoms with E-state index in [1.54, 1.807) is 18.2 Å². The predicted octanol–water partition coefficient (Wildman–Crippen LogP) is 2.23. The van der Waals surface area contributed by atoms with Crippen LogP contribution in [0.25, 0.3) is 0 Å². The minimum Gasteiger partial charge on any atom is -0.394 e.